The van der Waals surface area contributed by atoms with Crippen molar-refractivity contribution in [3.63, 3.8) is 0 Å². The van der Waals surface area contributed by atoms with Crippen LogP contribution in [-0.2, 0) is 17.8 Å². The highest BCUT2D eigenvalue weighted by Crippen LogP contribution is 2.41. The molecule has 1 saturated carbocycles. The number of carbonyl (C=O) groups is 1. The summed E-state index contributed by atoms with van der Waals surface area (Å²) in [4.78, 5) is 14.0. The van der Waals surface area contributed by atoms with Gasteiger partial charge in [0.25, 0.3) is 0 Å². The molecule has 2 aliphatic heterocycles. The van der Waals surface area contributed by atoms with Crippen molar-refractivity contribution in [3.8, 4) is 5.75 Å². The molecule has 3 aliphatic rings. The molecule has 32 heavy (non-hydrogen) atoms. The fourth-order valence-corrected chi connectivity index (χ4v) is 5.71. The molecule has 4 atom stereocenters. The van der Waals surface area contributed by atoms with E-state index in [1.165, 1.54) is 30.4 Å². The van der Waals surface area contributed by atoms with Gasteiger partial charge in [0.15, 0.2) is 0 Å². The lowest BCUT2D eigenvalue weighted by molar-refractivity contribution is -0.118. The second kappa shape index (κ2) is 10.4. The molecule has 0 spiro atoms. The van der Waals surface area contributed by atoms with Crippen molar-refractivity contribution in [2.24, 2.45) is 5.92 Å². The second-order valence-corrected chi connectivity index (χ2v) is 8.91. The van der Waals surface area contributed by atoms with Crippen LogP contribution in [0.1, 0.15) is 48.4 Å². The molecule has 2 fully saturated rings. The Balaban J connectivity index is 0.00000144. The van der Waals surface area contributed by atoms with Crippen molar-refractivity contribution in [1.29, 1.82) is 0 Å². The van der Waals surface area contributed by atoms with Crippen molar-refractivity contribution in [2.75, 3.05) is 19.1 Å². The zero-order chi connectivity index (χ0) is 20.7. The quantitative estimate of drug-likeness (QED) is 0.668. The molecule has 5 nitrogen and oxygen atoms in total. The van der Waals surface area contributed by atoms with E-state index in [0.29, 0.717) is 30.5 Å². The normalized spacial score (nSPS) is 26.1. The number of aryl methyl sites for hydroxylation is 1. The lowest BCUT2D eigenvalue weighted by Crippen LogP contribution is -2.38. The van der Waals surface area contributed by atoms with Crippen molar-refractivity contribution < 1.29 is 9.53 Å². The number of anilines is 1. The average Bonchev–Trinajstić information content (AvgIpc) is 3.37. The van der Waals surface area contributed by atoms with E-state index in [0.717, 1.165) is 30.0 Å². The van der Waals surface area contributed by atoms with E-state index in [9.17, 15) is 4.79 Å². The van der Waals surface area contributed by atoms with E-state index in [2.05, 4.69) is 53.1 Å². The van der Waals surface area contributed by atoms with E-state index in [4.69, 9.17) is 4.74 Å². The molecule has 0 bridgehead atoms. The summed E-state index contributed by atoms with van der Waals surface area (Å²) in [5.41, 5.74) is 4.68. The van der Waals surface area contributed by atoms with Crippen LogP contribution in [-0.4, -0.2) is 32.1 Å². The van der Waals surface area contributed by atoms with Gasteiger partial charge in [-0.2, -0.15) is 0 Å². The number of nitrogens with zero attached hydrogens (tertiary/aromatic N) is 1. The molecular weight excluding hydrogens is 445 g/mol. The topological polar surface area (TPSA) is 53.6 Å². The van der Waals surface area contributed by atoms with Crippen LogP contribution in [0.5, 0.6) is 5.75 Å². The summed E-state index contributed by atoms with van der Waals surface area (Å²) in [6, 6.07) is 16.4. The molecule has 2 aromatic carbocycles. The zero-order valence-electron chi connectivity index (χ0n) is 18.7. The van der Waals surface area contributed by atoms with Gasteiger partial charge < -0.3 is 20.3 Å². The summed E-state index contributed by atoms with van der Waals surface area (Å²) in [7, 11) is 3.61. The predicted octanol–water partition coefficient (Wildman–Crippen LogP) is 4.42. The highest BCUT2D eigenvalue weighted by molar-refractivity contribution is 5.96. The molecular formula is C25H33Cl2N3O2. The molecule has 1 saturated heterocycles. The summed E-state index contributed by atoms with van der Waals surface area (Å²) in [6.07, 6.45) is 5.20. The number of carbonyl (C=O) groups excluding carboxylic acids is 1. The van der Waals surface area contributed by atoms with Crippen LogP contribution >= 0.6 is 24.8 Å². The molecule has 174 valence electrons. The van der Waals surface area contributed by atoms with E-state index in [1.807, 2.05) is 7.05 Å². The van der Waals surface area contributed by atoms with Crippen LogP contribution in [0, 0.1) is 5.92 Å². The van der Waals surface area contributed by atoms with Gasteiger partial charge in [-0.1, -0.05) is 36.8 Å². The number of ether oxygens (including phenoxy) is 1. The molecule has 2 N–H and O–H groups in total. The highest BCUT2D eigenvalue weighted by Gasteiger charge is 2.45. The van der Waals surface area contributed by atoms with Crippen LogP contribution < -0.4 is 20.3 Å². The van der Waals surface area contributed by atoms with Gasteiger partial charge in [-0.05, 0) is 48.4 Å². The Morgan fingerprint density at radius 1 is 1.12 bits per heavy atom. The number of benzene rings is 2. The smallest absolute Gasteiger partial charge is 0.227 e. The summed E-state index contributed by atoms with van der Waals surface area (Å²) in [6.45, 7) is 0.734. The molecule has 2 aromatic rings. The fraction of sp³-hybridized carbons (Fsp3) is 0.480. The minimum Gasteiger partial charge on any atom is -0.496 e. The lowest BCUT2D eigenvalue weighted by atomic mass is 9.91. The number of rotatable bonds is 5. The fourth-order valence-electron chi connectivity index (χ4n) is 5.71. The second-order valence-electron chi connectivity index (χ2n) is 8.91. The van der Waals surface area contributed by atoms with Crippen LogP contribution in [0.25, 0.3) is 0 Å². The first kappa shape index (κ1) is 24.8. The average molecular weight is 478 g/mol. The van der Waals surface area contributed by atoms with Gasteiger partial charge in [-0.3, -0.25) is 4.79 Å². The lowest BCUT2D eigenvalue weighted by Gasteiger charge is -2.29. The Kier molecular flexibility index (Phi) is 8.10. The Hall–Kier alpha value is -1.79. The molecule has 4 unspecified atom stereocenters. The Labute approximate surface area is 203 Å². The monoisotopic (exact) mass is 477 g/mol. The molecule has 5 rings (SSSR count). The van der Waals surface area contributed by atoms with Gasteiger partial charge >= 0.3 is 0 Å². The van der Waals surface area contributed by atoms with Gasteiger partial charge in [0.05, 0.1) is 7.11 Å². The van der Waals surface area contributed by atoms with Gasteiger partial charge in [-0.15, -0.1) is 24.8 Å². The Morgan fingerprint density at radius 2 is 1.91 bits per heavy atom. The zero-order valence-corrected chi connectivity index (χ0v) is 20.3. The summed E-state index contributed by atoms with van der Waals surface area (Å²) in [5.74, 6) is 1.75. The highest BCUT2D eigenvalue weighted by atomic mass is 35.5. The first-order valence-corrected chi connectivity index (χ1v) is 11.2. The maximum atomic E-state index is 12.2. The van der Waals surface area contributed by atoms with Crippen LogP contribution in [0.4, 0.5) is 5.69 Å². The van der Waals surface area contributed by atoms with Crippen molar-refractivity contribution in [1.82, 2.24) is 10.6 Å². The van der Waals surface area contributed by atoms with Gasteiger partial charge in [0.1, 0.15) is 5.75 Å². The number of hydrogen-bond acceptors (Lipinski definition) is 4. The summed E-state index contributed by atoms with van der Waals surface area (Å²) >= 11 is 0. The van der Waals surface area contributed by atoms with E-state index >= 15 is 0 Å². The van der Waals surface area contributed by atoms with Crippen molar-refractivity contribution in [3.05, 3.63) is 59.2 Å². The van der Waals surface area contributed by atoms with Crippen molar-refractivity contribution in [2.45, 2.75) is 56.8 Å². The molecule has 0 aromatic heterocycles. The summed E-state index contributed by atoms with van der Waals surface area (Å²) < 4.78 is 5.73. The minimum absolute atomic E-state index is 0. The summed E-state index contributed by atoms with van der Waals surface area (Å²) in [5, 5.41) is 7.78. The molecule has 1 aliphatic carbocycles. The minimum atomic E-state index is 0. The number of halogens is 2. The van der Waals surface area contributed by atoms with Gasteiger partial charge in [0, 0.05) is 49.4 Å². The third-order valence-electron chi connectivity index (χ3n) is 7.30. The predicted molar refractivity (Wildman–Crippen MR) is 133 cm³/mol. The standard InChI is InChI=1S/C25H31N3O2.2ClH/c1-28-21-13-18(22(30-2)14-17(21)11-12-23(28)29)15-26-25-19-9-6-10-20(19)27-24(25)16-7-4-3-5-8-16;;/h3-5,7-8,13-14,19-20,24-27H,6,9-12,15H2,1-2H3;2*1H. The number of nitrogens with one attached hydrogen (secondary N) is 2. The van der Waals surface area contributed by atoms with Crippen molar-refractivity contribution >= 4 is 36.4 Å². The molecule has 2 heterocycles. The Morgan fingerprint density at radius 3 is 2.66 bits per heavy atom. The van der Waals surface area contributed by atoms with Gasteiger partial charge in [-0.25, -0.2) is 0 Å². The SMILES string of the molecule is COc1cc2c(cc1CNC1C(c3ccccc3)NC3CCCC31)N(C)C(=O)CC2.Cl.Cl. The molecule has 1 amide bonds. The number of amides is 1. The Bertz CT molecular complexity index is 940. The van der Waals surface area contributed by atoms with E-state index < -0.39 is 0 Å². The first-order valence-electron chi connectivity index (χ1n) is 11.2. The third kappa shape index (κ3) is 4.49. The first-order chi connectivity index (χ1) is 14.7. The third-order valence-corrected chi connectivity index (χ3v) is 7.30. The van der Waals surface area contributed by atoms with Crippen LogP contribution in [0.15, 0.2) is 42.5 Å². The van der Waals surface area contributed by atoms with Crippen LogP contribution in [0.2, 0.25) is 0 Å². The molecule has 7 heteroatoms. The maximum absolute atomic E-state index is 12.2. The number of hydrogen-bond donors (Lipinski definition) is 2. The van der Waals surface area contributed by atoms with Gasteiger partial charge in [0.2, 0.25) is 5.91 Å². The number of fused-ring (bicyclic) bond motifs is 2. The van der Waals surface area contributed by atoms with E-state index in [-0.39, 0.29) is 30.7 Å². The number of methoxy groups -OCH3 is 1. The van der Waals surface area contributed by atoms with E-state index in [1.54, 1.807) is 12.0 Å². The maximum Gasteiger partial charge on any atom is 0.227 e. The van der Waals surface area contributed by atoms with Crippen LogP contribution in [0.3, 0.4) is 0 Å². The largest absolute Gasteiger partial charge is 0.496 e. The molecule has 0 radical (unpaired) electrons.